The average molecular weight is 334 g/mol. The van der Waals surface area contributed by atoms with E-state index in [2.05, 4.69) is 24.8 Å². The summed E-state index contributed by atoms with van der Waals surface area (Å²) in [5.41, 5.74) is 1.14. The van der Waals surface area contributed by atoms with Crippen LogP contribution in [0, 0.1) is 0 Å². The summed E-state index contributed by atoms with van der Waals surface area (Å²) in [5, 5.41) is 9.01. The minimum atomic E-state index is -0.436. The first kappa shape index (κ1) is 18.7. The van der Waals surface area contributed by atoms with Gasteiger partial charge in [0.1, 0.15) is 5.75 Å². The Hall–Kier alpha value is -1.59. The Morgan fingerprint density at radius 1 is 1.21 bits per heavy atom. The van der Waals surface area contributed by atoms with Gasteiger partial charge in [0.2, 0.25) is 0 Å². The molecule has 1 aromatic rings. The van der Waals surface area contributed by atoms with E-state index >= 15 is 0 Å². The molecule has 1 heterocycles. The SMILES string of the molecule is CCC(Oc1ccccc1C(C)C)C(=O)N1CCN(CCO)CC1. The maximum Gasteiger partial charge on any atom is 0.263 e. The molecule has 0 aromatic heterocycles. The Balaban J connectivity index is 2.00. The van der Waals surface area contributed by atoms with Gasteiger partial charge >= 0.3 is 0 Å². The molecule has 1 aromatic carbocycles. The molecule has 2 rings (SSSR count). The van der Waals surface area contributed by atoms with Gasteiger partial charge in [-0.05, 0) is 24.0 Å². The number of ether oxygens (including phenoxy) is 1. The molecule has 0 aliphatic carbocycles. The first-order valence-corrected chi connectivity index (χ1v) is 8.94. The highest BCUT2D eigenvalue weighted by atomic mass is 16.5. The van der Waals surface area contributed by atoms with Crippen molar-refractivity contribution in [1.82, 2.24) is 9.80 Å². The number of benzene rings is 1. The Morgan fingerprint density at radius 3 is 2.46 bits per heavy atom. The van der Waals surface area contributed by atoms with Gasteiger partial charge in [0.05, 0.1) is 6.61 Å². The monoisotopic (exact) mass is 334 g/mol. The molecule has 0 bridgehead atoms. The normalized spacial score (nSPS) is 17.1. The summed E-state index contributed by atoms with van der Waals surface area (Å²) in [6.45, 7) is 10.1. The van der Waals surface area contributed by atoms with Crippen LogP contribution in [0.4, 0.5) is 0 Å². The first-order chi connectivity index (χ1) is 11.6. The second-order valence-electron chi connectivity index (χ2n) is 6.60. The number of aliphatic hydroxyl groups is 1. The molecule has 0 radical (unpaired) electrons. The summed E-state index contributed by atoms with van der Waals surface area (Å²) in [7, 11) is 0. The third kappa shape index (κ3) is 4.71. The third-order valence-electron chi connectivity index (χ3n) is 4.56. The number of aliphatic hydroxyl groups excluding tert-OH is 1. The van der Waals surface area contributed by atoms with Crippen LogP contribution in [0.1, 0.15) is 38.7 Å². The summed E-state index contributed by atoms with van der Waals surface area (Å²) in [6.07, 6.45) is 0.219. The van der Waals surface area contributed by atoms with E-state index in [0.29, 0.717) is 32.0 Å². The van der Waals surface area contributed by atoms with Crippen molar-refractivity contribution in [3.8, 4) is 5.75 Å². The zero-order valence-corrected chi connectivity index (χ0v) is 15.1. The number of amides is 1. The number of β-amino-alcohol motifs (C(OH)–C–C–N with tert-alkyl or cyclic N) is 1. The highest BCUT2D eigenvalue weighted by Gasteiger charge is 2.28. The predicted molar refractivity (Wildman–Crippen MR) is 95.3 cm³/mol. The van der Waals surface area contributed by atoms with Gasteiger partial charge in [0.15, 0.2) is 6.10 Å². The van der Waals surface area contributed by atoms with Gasteiger partial charge in [-0.3, -0.25) is 9.69 Å². The van der Waals surface area contributed by atoms with Crippen molar-refractivity contribution in [3.63, 3.8) is 0 Å². The predicted octanol–water partition coefficient (Wildman–Crippen LogP) is 2.10. The molecule has 1 amide bonds. The van der Waals surface area contributed by atoms with Crippen LogP contribution in [0.5, 0.6) is 5.75 Å². The van der Waals surface area contributed by atoms with Crippen molar-refractivity contribution in [2.24, 2.45) is 0 Å². The molecule has 0 saturated carbocycles. The van der Waals surface area contributed by atoms with E-state index in [9.17, 15) is 4.79 Å². The number of hydrogen-bond acceptors (Lipinski definition) is 4. The summed E-state index contributed by atoms with van der Waals surface area (Å²) < 4.78 is 6.10. The second kappa shape index (κ2) is 9.04. The lowest BCUT2D eigenvalue weighted by Gasteiger charge is -2.36. The van der Waals surface area contributed by atoms with Gasteiger partial charge in [0.25, 0.3) is 5.91 Å². The smallest absolute Gasteiger partial charge is 0.263 e. The Kier molecular flexibility index (Phi) is 7.06. The molecule has 1 aliphatic rings. The largest absolute Gasteiger partial charge is 0.480 e. The standard InChI is InChI=1S/C19H30N2O3/c1-4-17(24-18-8-6-5-7-16(18)15(2)3)19(23)21-11-9-20(10-12-21)13-14-22/h5-8,15,17,22H,4,9-14H2,1-3H3. The molecule has 1 saturated heterocycles. The number of piperazine rings is 1. The summed E-state index contributed by atoms with van der Waals surface area (Å²) in [4.78, 5) is 16.9. The summed E-state index contributed by atoms with van der Waals surface area (Å²) in [5.74, 6) is 1.24. The van der Waals surface area contributed by atoms with E-state index in [1.165, 1.54) is 0 Å². The van der Waals surface area contributed by atoms with Gasteiger partial charge in [-0.25, -0.2) is 0 Å². The third-order valence-corrected chi connectivity index (χ3v) is 4.56. The highest BCUT2D eigenvalue weighted by Crippen LogP contribution is 2.27. The molecule has 1 atom stereocenters. The maximum atomic E-state index is 12.8. The van der Waals surface area contributed by atoms with E-state index in [0.717, 1.165) is 24.4 Å². The van der Waals surface area contributed by atoms with E-state index < -0.39 is 6.10 Å². The number of para-hydroxylation sites is 1. The van der Waals surface area contributed by atoms with Crippen LogP contribution in [0.3, 0.4) is 0 Å². The van der Waals surface area contributed by atoms with Crippen LogP contribution < -0.4 is 4.74 Å². The lowest BCUT2D eigenvalue weighted by molar-refractivity contribution is -0.140. The van der Waals surface area contributed by atoms with Crippen molar-refractivity contribution in [2.75, 3.05) is 39.3 Å². The molecule has 134 valence electrons. The van der Waals surface area contributed by atoms with Crippen molar-refractivity contribution < 1.29 is 14.6 Å². The fraction of sp³-hybridized carbons (Fsp3) is 0.632. The number of carbonyl (C=O) groups excluding carboxylic acids is 1. The van der Waals surface area contributed by atoms with Gasteiger partial charge in [-0.1, -0.05) is 39.0 Å². The van der Waals surface area contributed by atoms with Gasteiger partial charge in [-0.15, -0.1) is 0 Å². The Bertz CT molecular complexity index is 525. The van der Waals surface area contributed by atoms with Crippen LogP contribution in [0.2, 0.25) is 0 Å². The second-order valence-corrected chi connectivity index (χ2v) is 6.60. The fourth-order valence-corrected chi connectivity index (χ4v) is 3.06. The van der Waals surface area contributed by atoms with Crippen LogP contribution in [0.15, 0.2) is 24.3 Å². The van der Waals surface area contributed by atoms with E-state index in [1.54, 1.807) is 0 Å². The molecule has 1 aliphatic heterocycles. The minimum Gasteiger partial charge on any atom is -0.480 e. The average Bonchev–Trinajstić information content (AvgIpc) is 2.60. The summed E-state index contributed by atoms with van der Waals surface area (Å²) in [6, 6.07) is 7.97. The van der Waals surface area contributed by atoms with Crippen LogP contribution in [-0.2, 0) is 4.79 Å². The van der Waals surface area contributed by atoms with E-state index in [4.69, 9.17) is 9.84 Å². The first-order valence-electron chi connectivity index (χ1n) is 8.94. The zero-order chi connectivity index (χ0) is 17.5. The molecule has 5 nitrogen and oxygen atoms in total. The fourth-order valence-electron chi connectivity index (χ4n) is 3.06. The van der Waals surface area contributed by atoms with Crippen LogP contribution >= 0.6 is 0 Å². The topological polar surface area (TPSA) is 53.0 Å². The molecular formula is C19H30N2O3. The molecule has 24 heavy (non-hydrogen) atoms. The zero-order valence-electron chi connectivity index (χ0n) is 15.1. The minimum absolute atomic E-state index is 0.0692. The molecular weight excluding hydrogens is 304 g/mol. The number of hydrogen-bond donors (Lipinski definition) is 1. The quantitative estimate of drug-likeness (QED) is 0.830. The lowest BCUT2D eigenvalue weighted by Crippen LogP contribution is -2.52. The van der Waals surface area contributed by atoms with Gasteiger partial charge in [-0.2, -0.15) is 0 Å². The van der Waals surface area contributed by atoms with Crippen LogP contribution in [-0.4, -0.2) is 66.2 Å². The van der Waals surface area contributed by atoms with Crippen molar-refractivity contribution in [1.29, 1.82) is 0 Å². The highest BCUT2D eigenvalue weighted by molar-refractivity contribution is 5.81. The van der Waals surface area contributed by atoms with Crippen molar-refractivity contribution in [3.05, 3.63) is 29.8 Å². The van der Waals surface area contributed by atoms with E-state index in [1.807, 2.05) is 30.0 Å². The number of nitrogens with zero attached hydrogens (tertiary/aromatic N) is 2. The molecule has 1 fully saturated rings. The van der Waals surface area contributed by atoms with Gasteiger partial charge in [0, 0.05) is 32.7 Å². The van der Waals surface area contributed by atoms with Crippen molar-refractivity contribution in [2.45, 2.75) is 39.2 Å². The number of rotatable bonds is 7. The Labute approximate surface area is 145 Å². The number of carbonyl (C=O) groups is 1. The lowest BCUT2D eigenvalue weighted by atomic mass is 10.0. The van der Waals surface area contributed by atoms with E-state index in [-0.39, 0.29) is 12.5 Å². The van der Waals surface area contributed by atoms with Crippen molar-refractivity contribution >= 4 is 5.91 Å². The van der Waals surface area contributed by atoms with Crippen LogP contribution in [0.25, 0.3) is 0 Å². The molecule has 5 heteroatoms. The summed E-state index contributed by atoms with van der Waals surface area (Å²) >= 11 is 0. The Morgan fingerprint density at radius 2 is 1.88 bits per heavy atom. The maximum absolute atomic E-state index is 12.8. The van der Waals surface area contributed by atoms with Gasteiger partial charge < -0.3 is 14.7 Å². The molecule has 1 N–H and O–H groups in total. The molecule has 0 spiro atoms. The molecule has 1 unspecified atom stereocenters.